The Morgan fingerprint density at radius 2 is 1.82 bits per heavy atom. The Kier molecular flexibility index (Phi) is 6.06. The van der Waals surface area contributed by atoms with Crippen LogP contribution in [0.15, 0.2) is 24.3 Å². The second-order valence-corrected chi connectivity index (χ2v) is 6.18. The third kappa shape index (κ3) is 4.35. The molecule has 2 amide bonds. The van der Waals surface area contributed by atoms with Crippen LogP contribution in [0.2, 0.25) is 5.02 Å². The van der Waals surface area contributed by atoms with Crippen molar-refractivity contribution in [2.45, 2.75) is 6.10 Å². The van der Waals surface area contributed by atoms with Crippen molar-refractivity contribution in [1.82, 2.24) is 14.7 Å². The Morgan fingerprint density at radius 1 is 1.23 bits per heavy atom. The van der Waals surface area contributed by atoms with E-state index in [1.807, 2.05) is 29.2 Å². The number of carbonyl (C=O) groups excluding carboxylic acids is 1. The standard InChI is InChI=1S/C16H24ClN3O2/c1-18(2)16(21)20-10-8-19(9-11-20)12-15(22-3)13-4-6-14(17)7-5-13/h4-7,15H,8-12H2,1-3H3/t15-/m0/s1. The normalized spacial score (nSPS) is 17.4. The van der Waals surface area contributed by atoms with Crippen LogP contribution >= 0.6 is 11.6 Å². The summed E-state index contributed by atoms with van der Waals surface area (Å²) in [5.74, 6) is 0. The van der Waals surface area contributed by atoms with Crippen molar-refractivity contribution in [3.05, 3.63) is 34.9 Å². The lowest BCUT2D eigenvalue weighted by Crippen LogP contribution is -2.52. The maximum absolute atomic E-state index is 11.9. The van der Waals surface area contributed by atoms with Gasteiger partial charge in [0.05, 0.1) is 6.10 Å². The first-order valence-corrected chi connectivity index (χ1v) is 7.86. The number of nitrogens with zero attached hydrogens (tertiary/aromatic N) is 3. The largest absolute Gasteiger partial charge is 0.375 e. The summed E-state index contributed by atoms with van der Waals surface area (Å²) in [6, 6.07) is 7.86. The van der Waals surface area contributed by atoms with Crippen LogP contribution in [0.4, 0.5) is 4.79 Å². The van der Waals surface area contributed by atoms with E-state index in [-0.39, 0.29) is 12.1 Å². The molecule has 1 heterocycles. The van der Waals surface area contributed by atoms with Gasteiger partial charge >= 0.3 is 6.03 Å². The molecule has 22 heavy (non-hydrogen) atoms. The van der Waals surface area contributed by atoms with Crippen LogP contribution in [0.3, 0.4) is 0 Å². The molecule has 0 N–H and O–H groups in total. The highest BCUT2D eigenvalue weighted by Gasteiger charge is 2.24. The number of halogens is 1. The number of urea groups is 1. The quantitative estimate of drug-likeness (QED) is 0.852. The molecule has 0 saturated carbocycles. The predicted octanol–water partition coefficient (Wildman–Crippen LogP) is 2.33. The Morgan fingerprint density at radius 3 is 2.32 bits per heavy atom. The fourth-order valence-corrected chi connectivity index (χ4v) is 2.76. The first-order chi connectivity index (χ1) is 10.5. The fourth-order valence-electron chi connectivity index (χ4n) is 2.63. The molecule has 0 aromatic heterocycles. The van der Waals surface area contributed by atoms with Gasteiger partial charge in [-0.05, 0) is 17.7 Å². The molecule has 1 aromatic carbocycles. The van der Waals surface area contributed by atoms with Crippen LogP contribution in [0.25, 0.3) is 0 Å². The molecule has 1 aliphatic heterocycles. The number of carbonyl (C=O) groups is 1. The van der Waals surface area contributed by atoms with Gasteiger partial charge in [0.2, 0.25) is 0 Å². The van der Waals surface area contributed by atoms with Gasteiger partial charge in [-0.3, -0.25) is 4.90 Å². The van der Waals surface area contributed by atoms with Gasteiger partial charge in [-0.2, -0.15) is 0 Å². The van der Waals surface area contributed by atoms with Gasteiger partial charge in [0, 0.05) is 59.0 Å². The predicted molar refractivity (Wildman–Crippen MR) is 88.3 cm³/mol. The van der Waals surface area contributed by atoms with Crippen molar-refractivity contribution in [3.63, 3.8) is 0 Å². The summed E-state index contributed by atoms with van der Waals surface area (Å²) >= 11 is 5.93. The fraction of sp³-hybridized carbons (Fsp3) is 0.562. The Hall–Kier alpha value is -1.30. The lowest BCUT2D eigenvalue weighted by atomic mass is 10.1. The van der Waals surface area contributed by atoms with Crippen LogP contribution < -0.4 is 0 Å². The van der Waals surface area contributed by atoms with E-state index in [1.54, 1.807) is 26.1 Å². The molecule has 0 spiro atoms. The Labute approximate surface area is 137 Å². The summed E-state index contributed by atoms with van der Waals surface area (Å²) in [5, 5.41) is 0.731. The van der Waals surface area contributed by atoms with Crippen LogP contribution in [-0.2, 0) is 4.74 Å². The SMILES string of the molecule is CO[C@@H](CN1CCN(C(=O)N(C)C)CC1)c1ccc(Cl)cc1. The zero-order valence-corrected chi connectivity index (χ0v) is 14.2. The number of methoxy groups -OCH3 is 1. The second-order valence-electron chi connectivity index (χ2n) is 5.74. The summed E-state index contributed by atoms with van der Waals surface area (Å²) in [6.07, 6.45) is 0.0216. The molecule has 0 aliphatic carbocycles. The zero-order valence-electron chi connectivity index (χ0n) is 13.5. The molecule has 1 atom stereocenters. The van der Waals surface area contributed by atoms with Crippen molar-refractivity contribution >= 4 is 17.6 Å². The molecule has 1 aromatic rings. The van der Waals surface area contributed by atoms with Crippen LogP contribution in [0.1, 0.15) is 11.7 Å². The molecule has 5 nitrogen and oxygen atoms in total. The van der Waals surface area contributed by atoms with Gasteiger partial charge in [0.25, 0.3) is 0 Å². The van der Waals surface area contributed by atoms with Crippen molar-refractivity contribution in [1.29, 1.82) is 0 Å². The maximum atomic E-state index is 11.9. The lowest BCUT2D eigenvalue weighted by Gasteiger charge is -2.37. The van der Waals surface area contributed by atoms with Crippen molar-refractivity contribution in [3.8, 4) is 0 Å². The highest BCUT2D eigenvalue weighted by molar-refractivity contribution is 6.30. The van der Waals surface area contributed by atoms with Gasteiger partial charge in [0.15, 0.2) is 0 Å². The first-order valence-electron chi connectivity index (χ1n) is 7.48. The van der Waals surface area contributed by atoms with E-state index in [0.717, 1.165) is 43.3 Å². The summed E-state index contributed by atoms with van der Waals surface area (Å²) in [4.78, 5) is 17.8. The van der Waals surface area contributed by atoms with Gasteiger partial charge in [-0.15, -0.1) is 0 Å². The van der Waals surface area contributed by atoms with E-state index in [2.05, 4.69) is 4.90 Å². The average Bonchev–Trinajstić information content (AvgIpc) is 2.53. The number of piperazine rings is 1. The van der Waals surface area contributed by atoms with Crippen LogP contribution in [0, 0.1) is 0 Å². The van der Waals surface area contributed by atoms with E-state index < -0.39 is 0 Å². The molecular weight excluding hydrogens is 302 g/mol. The molecular formula is C16H24ClN3O2. The Bertz CT molecular complexity index is 485. The molecule has 0 radical (unpaired) electrons. The van der Waals surface area contributed by atoms with E-state index in [0.29, 0.717) is 0 Å². The van der Waals surface area contributed by atoms with E-state index in [1.165, 1.54) is 0 Å². The lowest BCUT2D eigenvalue weighted by molar-refractivity contribution is 0.0453. The molecule has 1 saturated heterocycles. The highest BCUT2D eigenvalue weighted by Crippen LogP contribution is 2.21. The molecule has 0 bridgehead atoms. The minimum Gasteiger partial charge on any atom is -0.375 e. The van der Waals surface area contributed by atoms with E-state index >= 15 is 0 Å². The average molecular weight is 326 g/mol. The molecule has 0 unspecified atom stereocenters. The molecule has 6 heteroatoms. The van der Waals surface area contributed by atoms with Crippen LogP contribution in [-0.4, -0.2) is 74.7 Å². The number of ether oxygens (including phenoxy) is 1. The summed E-state index contributed by atoms with van der Waals surface area (Å²) in [6.45, 7) is 4.07. The monoisotopic (exact) mass is 325 g/mol. The highest BCUT2D eigenvalue weighted by atomic mass is 35.5. The number of rotatable bonds is 4. The summed E-state index contributed by atoms with van der Waals surface area (Å²) in [7, 11) is 5.30. The van der Waals surface area contributed by atoms with Crippen molar-refractivity contribution < 1.29 is 9.53 Å². The number of benzene rings is 1. The molecule has 1 fully saturated rings. The van der Waals surface area contributed by atoms with Crippen molar-refractivity contribution in [2.75, 3.05) is 53.9 Å². The van der Waals surface area contributed by atoms with Crippen molar-refractivity contribution in [2.24, 2.45) is 0 Å². The van der Waals surface area contributed by atoms with Gasteiger partial charge < -0.3 is 14.5 Å². The Balaban J connectivity index is 1.88. The third-order valence-electron chi connectivity index (χ3n) is 3.98. The zero-order chi connectivity index (χ0) is 16.1. The molecule has 122 valence electrons. The molecule has 1 aliphatic rings. The smallest absolute Gasteiger partial charge is 0.319 e. The summed E-state index contributed by atoms with van der Waals surface area (Å²) in [5.41, 5.74) is 1.12. The third-order valence-corrected chi connectivity index (χ3v) is 4.23. The van der Waals surface area contributed by atoms with E-state index in [4.69, 9.17) is 16.3 Å². The minimum absolute atomic E-state index is 0.0216. The first kappa shape index (κ1) is 17.1. The van der Waals surface area contributed by atoms with Gasteiger partial charge in [-0.1, -0.05) is 23.7 Å². The van der Waals surface area contributed by atoms with Crippen LogP contribution in [0.5, 0.6) is 0 Å². The minimum atomic E-state index is 0.0216. The summed E-state index contributed by atoms with van der Waals surface area (Å²) < 4.78 is 5.62. The van der Waals surface area contributed by atoms with Gasteiger partial charge in [-0.25, -0.2) is 4.79 Å². The number of amides is 2. The van der Waals surface area contributed by atoms with E-state index in [9.17, 15) is 4.79 Å². The maximum Gasteiger partial charge on any atom is 0.319 e. The van der Waals surface area contributed by atoms with Gasteiger partial charge in [0.1, 0.15) is 0 Å². The topological polar surface area (TPSA) is 36.0 Å². The number of hydrogen-bond acceptors (Lipinski definition) is 3. The second kappa shape index (κ2) is 7.81. The number of hydrogen-bond donors (Lipinski definition) is 0. The molecule has 2 rings (SSSR count).